The number of likely N-dealkylation sites (tertiary alicyclic amines) is 1. The van der Waals surface area contributed by atoms with Crippen LogP contribution in [0.1, 0.15) is 62.7 Å². The van der Waals surface area contributed by atoms with Gasteiger partial charge in [-0.15, -0.1) is 0 Å². The third-order valence-electron chi connectivity index (χ3n) is 8.04. The van der Waals surface area contributed by atoms with Crippen molar-refractivity contribution in [2.75, 3.05) is 26.3 Å². The van der Waals surface area contributed by atoms with Gasteiger partial charge in [0.1, 0.15) is 6.29 Å². The van der Waals surface area contributed by atoms with Gasteiger partial charge in [-0.05, 0) is 55.1 Å². The monoisotopic (exact) mass is 437 g/mol. The summed E-state index contributed by atoms with van der Waals surface area (Å²) in [7, 11) is 0. The largest absolute Gasteiger partial charge is 0.378 e. The fourth-order valence-electron chi connectivity index (χ4n) is 5.99. The van der Waals surface area contributed by atoms with Gasteiger partial charge in [-0.3, -0.25) is 4.90 Å². The number of imidazole rings is 1. The van der Waals surface area contributed by atoms with Gasteiger partial charge in [-0.2, -0.15) is 5.10 Å². The second-order valence-electron chi connectivity index (χ2n) is 10.9. The van der Waals surface area contributed by atoms with Gasteiger partial charge in [0.2, 0.25) is 0 Å². The molecule has 1 N–H and O–H groups in total. The number of aromatic nitrogens is 3. The molecule has 32 heavy (non-hydrogen) atoms. The SMILES string of the molecule is CC(C)NC(c1cn2ncc(C3CN(C4COC4)CC3C=O)cc2n1)C(C1CC1)C1CC1. The van der Waals surface area contributed by atoms with Gasteiger partial charge in [0.05, 0.1) is 43.4 Å². The second kappa shape index (κ2) is 8.19. The van der Waals surface area contributed by atoms with E-state index in [4.69, 9.17) is 14.8 Å². The minimum Gasteiger partial charge on any atom is -0.378 e. The number of rotatable bonds is 9. The summed E-state index contributed by atoms with van der Waals surface area (Å²) >= 11 is 0. The number of carbonyl (C=O) groups excluding carboxylic acids is 1. The first-order valence-electron chi connectivity index (χ1n) is 12.5. The number of hydrogen-bond acceptors (Lipinski definition) is 6. The van der Waals surface area contributed by atoms with Crippen LogP contribution >= 0.6 is 0 Å². The van der Waals surface area contributed by atoms with E-state index in [9.17, 15) is 4.79 Å². The average Bonchev–Trinajstić information content (AvgIpc) is 3.66. The molecule has 0 bridgehead atoms. The number of ether oxygens (including phenoxy) is 1. The van der Waals surface area contributed by atoms with E-state index in [1.54, 1.807) is 0 Å². The van der Waals surface area contributed by atoms with Crippen molar-refractivity contribution in [2.24, 2.45) is 23.7 Å². The molecule has 7 nitrogen and oxygen atoms in total. The summed E-state index contributed by atoms with van der Waals surface area (Å²) in [5.41, 5.74) is 3.15. The maximum absolute atomic E-state index is 11.8. The number of hydrogen-bond donors (Lipinski definition) is 1. The van der Waals surface area contributed by atoms with Crippen molar-refractivity contribution < 1.29 is 9.53 Å². The highest BCUT2D eigenvalue weighted by Crippen LogP contribution is 2.54. The molecule has 0 aromatic carbocycles. The van der Waals surface area contributed by atoms with E-state index < -0.39 is 0 Å². The van der Waals surface area contributed by atoms with Gasteiger partial charge in [0.15, 0.2) is 5.65 Å². The van der Waals surface area contributed by atoms with Crippen LogP contribution in [-0.2, 0) is 9.53 Å². The molecular weight excluding hydrogens is 402 g/mol. The van der Waals surface area contributed by atoms with Crippen LogP contribution < -0.4 is 5.32 Å². The lowest BCUT2D eigenvalue weighted by molar-refractivity contribution is -0.111. The zero-order valence-electron chi connectivity index (χ0n) is 19.2. The highest BCUT2D eigenvalue weighted by atomic mass is 16.5. The number of aldehydes is 1. The quantitative estimate of drug-likeness (QED) is 0.609. The zero-order chi connectivity index (χ0) is 21.8. The summed E-state index contributed by atoms with van der Waals surface area (Å²) in [5, 5.41) is 8.58. The summed E-state index contributed by atoms with van der Waals surface area (Å²) in [4.78, 5) is 19.3. The summed E-state index contributed by atoms with van der Waals surface area (Å²) in [5.74, 6) is 2.58. The van der Waals surface area contributed by atoms with Crippen LogP contribution in [-0.4, -0.2) is 64.2 Å². The standard InChI is InChI=1S/C25H35N5O2/c1-15(2)27-25(24(16-3-4-16)17-5-6-17)22-11-30-23(28-22)7-18(8-26-30)21-10-29(9-19(21)12-31)20-13-32-14-20/h7-8,11-12,15-17,19-21,24-25,27H,3-6,9-10,13-14H2,1-2H3. The lowest BCUT2D eigenvalue weighted by Crippen LogP contribution is -2.48. The highest BCUT2D eigenvalue weighted by Gasteiger charge is 2.46. The van der Waals surface area contributed by atoms with Gasteiger partial charge in [-0.25, -0.2) is 9.50 Å². The van der Waals surface area contributed by atoms with Crippen LogP contribution in [0, 0.1) is 23.7 Å². The summed E-state index contributed by atoms with van der Waals surface area (Å²) in [6.07, 6.45) is 10.7. The molecule has 6 rings (SSSR count). The van der Waals surface area contributed by atoms with Gasteiger partial charge >= 0.3 is 0 Å². The lowest BCUT2D eigenvalue weighted by atomic mass is 9.87. The minimum absolute atomic E-state index is 0.0127. The predicted octanol–water partition coefficient (Wildman–Crippen LogP) is 2.82. The fraction of sp³-hybridized carbons (Fsp3) is 0.720. The van der Waals surface area contributed by atoms with Crippen molar-refractivity contribution in [1.29, 1.82) is 0 Å². The minimum atomic E-state index is 0.0127. The number of fused-ring (bicyclic) bond motifs is 1. The molecule has 4 fully saturated rings. The Morgan fingerprint density at radius 2 is 1.91 bits per heavy atom. The molecule has 2 saturated carbocycles. The molecule has 0 spiro atoms. The molecule has 2 aromatic rings. The Morgan fingerprint density at radius 1 is 1.16 bits per heavy atom. The van der Waals surface area contributed by atoms with Crippen LogP contribution in [0.25, 0.3) is 5.65 Å². The number of carbonyl (C=O) groups is 1. The predicted molar refractivity (Wildman–Crippen MR) is 121 cm³/mol. The maximum atomic E-state index is 11.8. The van der Waals surface area contributed by atoms with E-state index in [1.807, 2.05) is 10.7 Å². The Balaban J connectivity index is 1.28. The molecule has 2 aliphatic carbocycles. The Kier molecular flexibility index (Phi) is 5.31. The topological polar surface area (TPSA) is 71.8 Å². The molecule has 0 radical (unpaired) electrons. The molecule has 2 saturated heterocycles. The molecule has 7 heteroatoms. The van der Waals surface area contributed by atoms with Gasteiger partial charge in [0.25, 0.3) is 0 Å². The fourth-order valence-corrected chi connectivity index (χ4v) is 5.99. The Morgan fingerprint density at radius 3 is 2.50 bits per heavy atom. The molecule has 3 atom stereocenters. The molecular formula is C25H35N5O2. The molecule has 4 heterocycles. The number of nitrogens with one attached hydrogen (secondary N) is 1. The van der Waals surface area contributed by atoms with Crippen LogP contribution in [0.4, 0.5) is 0 Å². The van der Waals surface area contributed by atoms with E-state index in [0.29, 0.717) is 24.0 Å². The van der Waals surface area contributed by atoms with E-state index in [1.165, 1.54) is 25.7 Å². The van der Waals surface area contributed by atoms with Crippen molar-refractivity contribution in [2.45, 2.75) is 63.6 Å². The molecule has 2 aromatic heterocycles. The molecule has 2 aliphatic heterocycles. The molecule has 4 aliphatic rings. The van der Waals surface area contributed by atoms with Gasteiger partial charge < -0.3 is 14.8 Å². The summed E-state index contributed by atoms with van der Waals surface area (Å²) < 4.78 is 7.29. The van der Waals surface area contributed by atoms with Crippen LogP contribution in [0.15, 0.2) is 18.5 Å². The third-order valence-corrected chi connectivity index (χ3v) is 8.04. The van der Waals surface area contributed by atoms with Crippen LogP contribution in [0.5, 0.6) is 0 Å². The van der Waals surface area contributed by atoms with Crippen LogP contribution in [0.3, 0.4) is 0 Å². The first-order valence-corrected chi connectivity index (χ1v) is 12.5. The van der Waals surface area contributed by atoms with Crippen molar-refractivity contribution in [1.82, 2.24) is 24.8 Å². The van der Waals surface area contributed by atoms with E-state index in [2.05, 4.69) is 36.3 Å². The van der Waals surface area contributed by atoms with Crippen molar-refractivity contribution in [3.8, 4) is 0 Å². The third kappa shape index (κ3) is 3.88. The first-order chi connectivity index (χ1) is 15.6. The maximum Gasteiger partial charge on any atom is 0.154 e. The zero-order valence-corrected chi connectivity index (χ0v) is 19.2. The normalized spacial score (nSPS) is 28.0. The van der Waals surface area contributed by atoms with Gasteiger partial charge in [0, 0.05) is 31.0 Å². The number of nitrogens with zero attached hydrogens (tertiary/aromatic N) is 4. The Hall–Kier alpha value is -1.83. The van der Waals surface area contributed by atoms with Crippen molar-refractivity contribution >= 4 is 11.9 Å². The second-order valence-corrected chi connectivity index (χ2v) is 10.9. The first kappa shape index (κ1) is 20.8. The molecule has 0 amide bonds. The van der Waals surface area contributed by atoms with Crippen molar-refractivity contribution in [3.63, 3.8) is 0 Å². The Bertz CT molecular complexity index is 966. The van der Waals surface area contributed by atoms with Gasteiger partial charge in [-0.1, -0.05) is 13.8 Å². The van der Waals surface area contributed by atoms with Crippen LogP contribution in [0.2, 0.25) is 0 Å². The lowest BCUT2D eigenvalue weighted by Gasteiger charge is -2.34. The molecule has 172 valence electrons. The summed E-state index contributed by atoms with van der Waals surface area (Å²) in [6, 6.07) is 3.33. The van der Waals surface area contributed by atoms with E-state index in [-0.39, 0.29) is 11.8 Å². The Labute approximate surface area is 189 Å². The van der Waals surface area contributed by atoms with E-state index in [0.717, 1.165) is 61.3 Å². The average molecular weight is 438 g/mol. The summed E-state index contributed by atoms with van der Waals surface area (Å²) in [6.45, 7) is 7.74. The smallest absolute Gasteiger partial charge is 0.154 e. The molecule has 3 unspecified atom stereocenters. The highest BCUT2D eigenvalue weighted by molar-refractivity contribution is 5.58. The van der Waals surface area contributed by atoms with Crippen molar-refractivity contribution in [3.05, 3.63) is 29.7 Å². The van der Waals surface area contributed by atoms with E-state index >= 15 is 0 Å².